The molecule has 0 atom stereocenters. The van der Waals surface area contributed by atoms with Gasteiger partial charge < -0.3 is 24.3 Å². The fourth-order valence-corrected chi connectivity index (χ4v) is 5.76. The van der Waals surface area contributed by atoms with Gasteiger partial charge in [0, 0.05) is 14.2 Å². The first-order chi connectivity index (χ1) is 17.6. The lowest BCUT2D eigenvalue weighted by molar-refractivity contribution is -0.882. The minimum absolute atomic E-state index is 0.0771. The van der Waals surface area contributed by atoms with Crippen molar-refractivity contribution in [2.45, 2.75) is 31.6 Å². The summed E-state index contributed by atoms with van der Waals surface area (Å²) < 4.78 is 40.3. The molecule has 0 radical (unpaired) electrons. The summed E-state index contributed by atoms with van der Waals surface area (Å²) in [5.41, 5.74) is 1.22. The molecule has 0 aromatic carbocycles. The van der Waals surface area contributed by atoms with Crippen LogP contribution in [0.4, 0.5) is 0 Å². The van der Waals surface area contributed by atoms with E-state index in [0.29, 0.717) is 18.5 Å². The average molecular weight is 536 g/mol. The zero-order valence-electron chi connectivity index (χ0n) is 21.6. The Balaban J connectivity index is 1.80. The second kappa shape index (κ2) is 10.8. The van der Waals surface area contributed by atoms with Crippen molar-refractivity contribution < 1.29 is 22.5 Å². The molecule has 1 fully saturated rings. The van der Waals surface area contributed by atoms with E-state index >= 15 is 0 Å². The maximum absolute atomic E-state index is 13.5. The van der Waals surface area contributed by atoms with Gasteiger partial charge in [0.2, 0.25) is 15.9 Å². The van der Waals surface area contributed by atoms with Gasteiger partial charge in [-0.3, -0.25) is 9.48 Å². The van der Waals surface area contributed by atoms with Crippen molar-refractivity contribution in [3.8, 4) is 17.3 Å². The molecular formula is C23H33N7O6S. The van der Waals surface area contributed by atoms with E-state index < -0.39 is 20.2 Å². The minimum Gasteiger partial charge on any atom is -0.633 e. The number of fused-ring (bicyclic) bond motifs is 1. The monoisotopic (exact) mass is 535 g/mol. The molecule has 1 aliphatic heterocycles. The molecule has 202 valence electrons. The highest BCUT2D eigenvalue weighted by Gasteiger charge is 2.33. The van der Waals surface area contributed by atoms with Crippen LogP contribution in [-0.2, 0) is 28.2 Å². The topological polar surface area (TPSA) is 155 Å². The number of nitrogens with one attached hydrogen (secondary N) is 1. The van der Waals surface area contributed by atoms with Crippen molar-refractivity contribution in [2.24, 2.45) is 7.05 Å². The van der Waals surface area contributed by atoms with Gasteiger partial charge in [0.25, 0.3) is 5.56 Å². The maximum atomic E-state index is 13.5. The van der Waals surface area contributed by atoms with Crippen LogP contribution >= 0.6 is 0 Å². The lowest BCUT2D eigenvalue weighted by Crippen LogP contribution is -2.57. The fraction of sp³-hybridized carbons (Fsp3) is 0.565. The summed E-state index contributed by atoms with van der Waals surface area (Å²) in [7, 11) is -0.664. The summed E-state index contributed by atoms with van der Waals surface area (Å²) in [5.74, 6) is 0.235. The summed E-state index contributed by atoms with van der Waals surface area (Å²) in [6.07, 6.45) is 2.72. The Labute approximate surface area is 215 Å². The first-order valence-electron chi connectivity index (χ1n) is 12.3. The summed E-state index contributed by atoms with van der Waals surface area (Å²) in [5, 5.41) is 16.9. The molecule has 0 bridgehead atoms. The van der Waals surface area contributed by atoms with Crippen LogP contribution in [0.1, 0.15) is 26.0 Å². The third kappa shape index (κ3) is 5.38. The summed E-state index contributed by atoms with van der Waals surface area (Å²) in [4.78, 5) is 24.5. The van der Waals surface area contributed by atoms with Gasteiger partial charge in [-0.05, 0) is 19.4 Å². The molecule has 13 nitrogen and oxygen atoms in total. The van der Waals surface area contributed by atoms with Crippen molar-refractivity contribution in [2.75, 3.05) is 53.0 Å². The van der Waals surface area contributed by atoms with E-state index in [1.807, 2.05) is 6.92 Å². The lowest BCUT2D eigenvalue weighted by atomic mass is 10.2. The lowest BCUT2D eigenvalue weighted by Gasteiger charge is -2.47. The summed E-state index contributed by atoms with van der Waals surface area (Å²) in [6, 6.07) is 1.40. The number of hydroxylamine groups is 3. The number of aromatic amines is 1. The van der Waals surface area contributed by atoms with E-state index in [0.717, 1.165) is 12.1 Å². The largest absolute Gasteiger partial charge is 0.633 e. The number of methoxy groups -OCH3 is 1. The standard InChI is InChI=1S/C23H33N7O6S/c1-5-7-18-19-20(27-28(18)3)22(31)26-21(25-19)17-14-16(15-24-23(17)36-13-12-35-4)37(33,34)29-8-10-30(32,6-2)11-9-29/h14-15H,5-13H2,1-4H3,(H,25,26,31). The molecule has 1 N–H and O–H groups in total. The van der Waals surface area contributed by atoms with Gasteiger partial charge in [0.1, 0.15) is 22.8 Å². The maximum Gasteiger partial charge on any atom is 0.279 e. The van der Waals surface area contributed by atoms with Crippen LogP contribution in [0.3, 0.4) is 0 Å². The number of nitrogens with zero attached hydrogens (tertiary/aromatic N) is 6. The second-order valence-electron chi connectivity index (χ2n) is 9.02. The highest BCUT2D eigenvalue weighted by atomic mass is 32.2. The highest BCUT2D eigenvalue weighted by Crippen LogP contribution is 2.30. The first kappa shape index (κ1) is 27.1. The fourth-order valence-electron chi connectivity index (χ4n) is 4.37. The molecule has 0 aliphatic carbocycles. The number of pyridine rings is 1. The molecule has 37 heavy (non-hydrogen) atoms. The van der Waals surface area contributed by atoms with Crippen LogP contribution in [0, 0.1) is 5.21 Å². The molecule has 14 heteroatoms. The number of piperazine rings is 1. The van der Waals surface area contributed by atoms with Crippen LogP contribution in [0.5, 0.6) is 5.88 Å². The van der Waals surface area contributed by atoms with Crippen LogP contribution in [0.2, 0.25) is 0 Å². The van der Waals surface area contributed by atoms with E-state index in [1.54, 1.807) is 18.7 Å². The van der Waals surface area contributed by atoms with E-state index in [9.17, 15) is 18.4 Å². The van der Waals surface area contributed by atoms with Crippen LogP contribution in [0.15, 0.2) is 22.0 Å². The predicted molar refractivity (Wildman–Crippen MR) is 136 cm³/mol. The molecule has 4 heterocycles. The number of aryl methyl sites for hydroxylation is 2. The average Bonchev–Trinajstić information content (AvgIpc) is 3.20. The van der Waals surface area contributed by atoms with Crippen molar-refractivity contribution >= 4 is 21.1 Å². The quantitative estimate of drug-likeness (QED) is 0.228. The van der Waals surface area contributed by atoms with Gasteiger partial charge >= 0.3 is 0 Å². The zero-order chi connectivity index (χ0) is 26.8. The van der Waals surface area contributed by atoms with Crippen LogP contribution in [0.25, 0.3) is 22.4 Å². The number of sulfonamides is 1. The molecule has 0 spiro atoms. The number of H-pyrrole nitrogens is 1. The molecule has 1 saturated heterocycles. The molecular weight excluding hydrogens is 502 g/mol. The molecule has 0 unspecified atom stereocenters. The molecule has 1 aliphatic rings. The smallest absolute Gasteiger partial charge is 0.279 e. The van der Waals surface area contributed by atoms with Gasteiger partial charge in [0.05, 0.1) is 56.8 Å². The predicted octanol–water partition coefficient (Wildman–Crippen LogP) is 1.04. The number of aromatic nitrogens is 5. The Bertz CT molecular complexity index is 1430. The number of likely N-dealkylation sites (N-methyl/N-ethyl adjacent to an activating group) is 1. The first-order valence-corrected chi connectivity index (χ1v) is 13.7. The van der Waals surface area contributed by atoms with Crippen molar-refractivity contribution in [3.05, 3.63) is 33.5 Å². The summed E-state index contributed by atoms with van der Waals surface area (Å²) >= 11 is 0. The SMILES string of the molecule is CCCc1c2nc(-c3cc(S(=O)(=O)N4CC[N+]([O-])(CC)CC4)cnc3OCCOC)[nH]c(=O)c2nn1C. The third-order valence-corrected chi connectivity index (χ3v) is 8.49. The van der Waals surface area contributed by atoms with Gasteiger partial charge in [-0.15, -0.1) is 0 Å². The number of hydrogen-bond donors (Lipinski definition) is 1. The van der Waals surface area contributed by atoms with Crippen LogP contribution < -0.4 is 10.3 Å². The Morgan fingerprint density at radius 3 is 2.57 bits per heavy atom. The molecule has 0 amide bonds. The van der Waals surface area contributed by atoms with Crippen molar-refractivity contribution in [1.29, 1.82) is 0 Å². The highest BCUT2D eigenvalue weighted by molar-refractivity contribution is 7.89. The number of ether oxygens (including phenoxy) is 2. The minimum atomic E-state index is -3.95. The Hall–Kier alpha value is -2.91. The number of quaternary nitrogens is 1. The third-order valence-electron chi connectivity index (χ3n) is 6.63. The van der Waals surface area contributed by atoms with Crippen molar-refractivity contribution in [1.82, 2.24) is 29.0 Å². The van der Waals surface area contributed by atoms with E-state index in [-0.39, 0.29) is 67.1 Å². The van der Waals surface area contributed by atoms with Crippen LogP contribution in [-0.4, -0.2) is 95.1 Å². The van der Waals surface area contributed by atoms with E-state index in [2.05, 4.69) is 20.1 Å². The Kier molecular flexibility index (Phi) is 7.94. The Morgan fingerprint density at radius 1 is 1.19 bits per heavy atom. The van der Waals surface area contributed by atoms with E-state index in [1.165, 1.54) is 23.7 Å². The van der Waals surface area contributed by atoms with Gasteiger partial charge in [-0.25, -0.2) is 18.4 Å². The number of rotatable bonds is 10. The van der Waals surface area contributed by atoms with E-state index in [4.69, 9.17) is 9.47 Å². The zero-order valence-corrected chi connectivity index (χ0v) is 22.4. The number of hydrogen-bond acceptors (Lipinski definition) is 9. The normalized spacial score (nSPS) is 16.4. The second-order valence-corrected chi connectivity index (χ2v) is 11.0. The van der Waals surface area contributed by atoms with Gasteiger partial charge in [-0.1, -0.05) is 13.3 Å². The molecule has 0 saturated carbocycles. The van der Waals surface area contributed by atoms with Gasteiger partial charge in [-0.2, -0.15) is 9.40 Å². The Morgan fingerprint density at radius 2 is 1.92 bits per heavy atom. The van der Waals surface area contributed by atoms with Crippen molar-refractivity contribution in [3.63, 3.8) is 0 Å². The van der Waals surface area contributed by atoms with Gasteiger partial charge in [0.15, 0.2) is 5.52 Å². The molecule has 4 rings (SSSR count). The molecule has 3 aromatic rings. The summed E-state index contributed by atoms with van der Waals surface area (Å²) in [6.45, 7) is 5.24. The molecule has 3 aromatic heterocycles.